The number of fused-ring (bicyclic) bond motifs is 1. The van der Waals surface area contributed by atoms with E-state index in [9.17, 15) is 0 Å². The van der Waals surface area contributed by atoms with Gasteiger partial charge in [-0.25, -0.2) is 0 Å². The maximum Gasteiger partial charge on any atom is 0.149 e. The van der Waals surface area contributed by atoms with Crippen molar-refractivity contribution in [2.24, 2.45) is 5.41 Å². The third kappa shape index (κ3) is 2.17. The quantitative estimate of drug-likeness (QED) is 0.896. The molecule has 1 aromatic heterocycles. The zero-order valence-electron chi connectivity index (χ0n) is 13.0. The Morgan fingerprint density at radius 3 is 2.95 bits per heavy atom. The lowest BCUT2D eigenvalue weighted by Gasteiger charge is -2.52. The van der Waals surface area contributed by atoms with Crippen LogP contribution in [0.5, 0.6) is 0 Å². The molecule has 0 saturated heterocycles. The van der Waals surface area contributed by atoms with Crippen molar-refractivity contribution in [3.63, 3.8) is 0 Å². The van der Waals surface area contributed by atoms with Crippen LogP contribution in [-0.2, 0) is 17.7 Å². The third-order valence-electron chi connectivity index (χ3n) is 5.02. The number of ether oxygens (including phenoxy) is 1. The molecule has 1 saturated carbocycles. The number of aromatic nitrogens is 3. The highest BCUT2D eigenvalue weighted by molar-refractivity contribution is 5.08. The zero-order valence-corrected chi connectivity index (χ0v) is 13.0. The van der Waals surface area contributed by atoms with E-state index in [1.165, 1.54) is 6.42 Å². The normalized spacial score (nSPS) is 29.0. The van der Waals surface area contributed by atoms with E-state index >= 15 is 0 Å². The van der Waals surface area contributed by atoms with Gasteiger partial charge in [-0.2, -0.15) is 0 Å². The van der Waals surface area contributed by atoms with Crippen LogP contribution in [0.25, 0.3) is 0 Å². The molecular weight excluding hydrogens is 252 g/mol. The summed E-state index contributed by atoms with van der Waals surface area (Å²) in [5.41, 5.74) is 0.193. The first-order valence-corrected chi connectivity index (χ1v) is 7.83. The van der Waals surface area contributed by atoms with Crippen LogP contribution >= 0.6 is 0 Å². The van der Waals surface area contributed by atoms with Crippen molar-refractivity contribution >= 4 is 0 Å². The third-order valence-corrected chi connectivity index (χ3v) is 5.02. The SMILES string of the molecule is CCOC1CC(NC(C)c2nnc3n2CCC3)C1(C)C. The Hall–Kier alpha value is -0.940. The molecule has 1 fully saturated rings. The second-order valence-corrected chi connectivity index (χ2v) is 6.67. The number of hydrogen-bond acceptors (Lipinski definition) is 4. The minimum absolute atomic E-state index is 0.193. The average molecular weight is 278 g/mol. The van der Waals surface area contributed by atoms with Gasteiger partial charge in [0.1, 0.15) is 11.6 Å². The lowest BCUT2D eigenvalue weighted by atomic mass is 9.64. The van der Waals surface area contributed by atoms with Crippen LogP contribution in [0.2, 0.25) is 0 Å². The molecule has 5 heteroatoms. The first kappa shape index (κ1) is 14.0. The van der Waals surface area contributed by atoms with Crippen molar-refractivity contribution in [2.75, 3.05) is 6.61 Å². The standard InChI is InChI=1S/C15H26N4O/c1-5-20-12-9-11(15(12,3)4)16-10(2)14-18-17-13-7-6-8-19(13)14/h10-12,16H,5-9H2,1-4H3. The molecule has 2 heterocycles. The molecule has 3 atom stereocenters. The molecular formula is C15H26N4O. The number of rotatable bonds is 5. The van der Waals surface area contributed by atoms with E-state index in [1.807, 2.05) is 0 Å². The number of hydrogen-bond donors (Lipinski definition) is 1. The molecule has 1 aliphatic carbocycles. The summed E-state index contributed by atoms with van der Waals surface area (Å²) in [5, 5.41) is 12.4. The molecule has 3 unspecified atom stereocenters. The minimum atomic E-state index is 0.193. The minimum Gasteiger partial charge on any atom is -0.378 e. The molecule has 1 aliphatic heterocycles. The molecule has 2 aliphatic rings. The summed E-state index contributed by atoms with van der Waals surface area (Å²) >= 11 is 0. The van der Waals surface area contributed by atoms with Crippen LogP contribution < -0.4 is 5.32 Å². The van der Waals surface area contributed by atoms with Gasteiger partial charge in [-0.3, -0.25) is 0 Å². The lowest BCUT2D eigenvalue weighted by Crippen LogP contribution is -2.61. The fraction of sp³-hybridized carbons (Fsp3) is 0.867. The topological polar surface area (TPSA) is 52.0 Å². The summed E-state index contributed by atoms with van der Waals surface area (Å²) < 4.78 is 8.08. The molecule has 112 valence electrons. The van der Waals surface area contributed by atoms with E-state index in [1.54, 1.807) is 0 Å². The summed E-state index contributed by atoms with van der Waals surface area (Å²) in [4.78, 5) is 0. The van der Waals surface area contributed by atoms with Crippen molar-refractivity contribution in [1.29, 1.82) is 0 Å². The van der Waals surface area contributed by atoms with Gasteiger partial charge >= 0.3 is 0 Å². The van der Waals surface area contributed by atoms with E-state index < -0.39 is 0 Å². The Morgan fingerprint density at radius 1 is 1.45 bits per heavy atom. The summed E-state index contributed by atoms with van der Waals surface area (Å²) in [6.45, 7) is 10.7. The van der Waals surface area contributed by atoms with Gasteiger partial charge < -0.3 is 14.6 Å². The summed E-state index contributed by atoms with van der Waals surface area (Å²) in [7, 11) is 0. The average Bonchev–Trinajstić information content (AvgIpc) is 2.99. The fourth-order valence-electron chi connectivity index (χ4n) is 3.52. The molecule has 0 amide bonds. The van der Waals surface area contributed by atoms with Crippen molar-refractivity contribution in [2.45, 2.75) is 71.7 Å². The first-order valence-electron chi connectivity index (χ1n) is 7.83. The highest BCUT2D eigenvalue weighted by atomic mass is 16.5. The predicted octanol–water partition coefficient (Wildman–Crippen LogP) is 2.08. The van der Waals surface area contributed by atoms with E-state index in [0.717, 1.165) is 37.6 Å². The van der Waals surface area contributed by atoms with Crippen LogP contribution in [0, 0.1) is 5.41 Å². The van der Waals surface area contributed by atoms with E-state index in [0.29, 0.717) is 12.1 Å². The van der Waals surface area contributed by atoms with Crippen molar-refractivity contribution in [3.05, 3.63) is 11.6 Å². The maximum atomic E-state index is 5.80. The molecule has 20 heavy (non-hydrogen) atoms. The Kier molecular flexibility index (Phi) is 3.58. The molecule has 3 rings (SSSR count). The number of nitrogens with zero attached hydrogens (tertiary/aromatic N) is 3. The van der Waals surface area contributed by atoms with Crippen LogP contribution in [0.15, 0.2) is 0 Å². The van der Waals surface area contributed by atoms with Gasteiger partial charge in [0.2, 0.25) is 0 Å². The van der Waals surface area contributed by atoms with Gasteiger partial charge in [-0.1, -0.05) is 13.8 Å². The van der Waals surface area contributed by atoms with E-state index in [-0.39, 0.29) is 11.5 Å². The second-order valence-electron chi connectivity index (χ2n) is 6.67. The number of nitrogens with one attached hydrogen (secondary N) is 1. The van der Waals surface area contributed by atoms with Gasteiger partial charge in [0, 0.05) is 31.0 Å². The summed E-state index contributed by atoms with van der Waals surface area (Å²) in [6, 6.07) is 0.740. The highest BCUT2D eigenvalue weighted by Gasteiger charge is 2.49. The Bertz CT molecular complexity index is 482. The smallest absolute Gasteiger partial charge is 0.149 e. The lowest BCUT2D eigenvalue weighted by molar-refractivity contribution is -0.116. The van der Waals surface area contributed by atoms with E-state index in [4.69, 9.17) is 4.74 Å². The molecule has 0 radical (unpaired) electrons. The van der Waals surface area contributed by atoms with Gasteiger partial charge in [0.25, 0.3) is 0 Å². The summed E-state index contributed by atoms with van der Waals surface area (Å²) in [5.74, 6) is 2.24. The Labute approximate surface area is 121 Å². The highest BCUT2D eigenvalue weighted by Crippen LogP contribution is 2.43. The number of aryl methyl sites for hydroxylation is 1. The van der Waals surface area contributed by atoms with E-state index in [2.05, 4.69) is 47.8 Å². The first-order chi connectivity index (χ1) is 9.54. The molecule has 0 spiro atoms. The molecule has 5 nitrogen and oxygen atoms in total. The molecule has 1 aromatic rings. The predicted molar refractivity (Wildman–Crippen MR) is 77.5 cm³/mol. The van der Waals surface area contributed by atoms with Crippen LogP contribution in [0.4, 0.5) is 0 Å². The van der Waals surface area contributed by atoms with Gasteiger partial charge in [-0.15, -0.1) is 10.2 Å². The van der Waals surface area contributed by atoms with Gasteiger partial charge in [0.15, 0.2) is 0 Å². The molecule has 0 bridgehead atoms. The molecule has 0 aromatic carbocycles. The fourth-order valence-corrected chi connectivity index (χ4v) is 3.52. The largest absolute Gasteiger partial charge is 0.378 e. The van der Waals surface area contributed by atoms with Crippen LogP contribution in [0.3, 0.4) is 0 Å². The monoisotopic (exact) mass is 278 g/mol. The maximum absolute atomic E-state index is 5.80. The van der Waals surface area contributed by atoms with Gasteiger partial charge in [0.05, 0.1) is 12.1 Å². The van der Waals surface area contributed by atoms with Crippen molar-refractivity contribution in [1.82, 2.24) is 20.1 Å². The second kappa shape index (κ2) is 5.11. The Balaban J connectivity index is 1.64. The zero-order chi connectivity index (χ0) is 14.3. The van der Waals surface area contributed by atoms with Crippen LogP contribution in [0.1, 0.15) is 58.2 Å². The molecule has 1 N–H and O–H groups in total. The Morgan fingerprint density at radius 2 is 2.25 bits per heavy atom. The van der Waals surface area contributed by atoms with Gasteiger partial charge in [-0.05, 0) is 26.7 Å². The van der Waals surface area contributed by atoms with Crippen LogP contribution in [-0.4, -0.2) is 33.5 Å². The summed E-state index contributed by atoms with van der Waals surface area (Å²) in [6.07, 6.45) is 3.74. The van der Waals surface area contributed by atoms with Crippen molar-refractivity contribution in [3.8, 4) is 0 Å². The van der Waals surface area contributed by atoms with Crippen molar-refractivity contribution < 1.29 is 4.74 Å².